The van der Waals surface area contributed by atoms with Gasteiger partial charge >= 0.3 is 6.03 Å². The summed E-state index contributed by atoms with van der Waals surface area (Å²) >= 11 is 0. The van der Waals surface area contributed by atoms with Crippen LogP contribution in [0.5, 0.6) is 0 Å². The van der Waals surface area contributed by atoms with Crippen LogP contribution in [-0.4, -0.2) is 31.7 Å². The molecule has 0 bridgehead atoms. The summed E-state index contributed by atoms with van der Waals surface area (Å²) in [6.07, 6.45) is 3.56. The predicted octanol–water partition coefficient (Wildman–Crippen LogP) is 0.448. The molecule has 1 atom stereocenters. The van der Waals surface area contributed by atoms with Crippen molar-refractivity contribution in [3.8, 4) is 0 Å². The maximum atomic E-state index is 11.0. The molecule has 0 radical (unpaired) electrons. The van der Waals surface area contributed by atoms with Crippen LogP contribution in [0.3, 0.4) is 0 Å². The summed E-state index contributed by atoms with van der Waals surface area (Å²) in [4.78, 5) is 11.0. The summed E-state index contributed by atoms with van der Waals surface area (Å²) in [6, 6.07) is 0.558. The topological polar surface area (TPSA) is 53.2 Å². The molecule has 0 aromatic carbocycles. The molecule has 0 saturated carbocycles. The molecule has 1 aliphatic rings. The SMILES string of the molecule is CCNC(=O)NCC[C@@H]1CCCN1. The van der Waals surface area contributed by atoms with E-state index in [2.05, 4.69) is 16.0 Å². The highest BCUT2D eigenvalue weighted by Crippen LogP contribution is 2.07. The molecule has 1 fully saturated rings. The third-order valence-electron chi connectivity index (χ3n) is 2.28. The Morgan fingerprint density at radius 2 is 2.38 bits per heavy atom. The molecule has 0 unspecified atom stereocenters. The van der Waals surface area contributed by atoms with Gasteiger partial charge in [-0.05, 0) is 32.7 Å². The Kier molecular flexibility index (Phi) is 4.60. The fourth-order valence-electron chi connectivity index (χ4n) is 1.59. The zero-order valence-electron chi connectivity index (χ0n) is 8.23. The van der Waals surface area contributed by atoms with Gasteiger partial charge in [-0.1, -0.05) is 0 Å². The Morgan fingerprint density at radius 3 is 3.00 bits per heavy atom. The zero-order valence-corrected chi connectivity index (χ0v) is 8.23. The minimum atomic E-state index is -0.0551. The highest BCUT2D eigenvalue weighted by atomic mass is 16.2. The first-order valence-electron chi connectivity index (χ1n) is 5.08. The Balaban J connectivity index is 1.96. The van der Waals surface area contributed by atoms with Gasteiger partial charge < -0.3 is 16.0 Å². The van der Waals surface area contributed by atoms with Gasteiger partial charge in [-0.2, -0.15) is 0 Å². The minimum absolute atomic E-state index is 0.0551. The van der Waals surface area contributed by atoms with E-state index in [9.17, 15) is 4.79 Å². The van der Waals surface area contributed by atoms with E-state index in [0.717, 1.165) is 19.5 Å². The Labute approximate surface area is 79.5 Å². The van der Waals surface area contributed by atoms with Gasteiger partial charge in [0.1, 0.15) is 0 Å². The first kappa shape index (κ1) is 10.3. The first-order chi connectivity index (χ1) is 6.33. The molecule has 4 nitrogen and oxygen atoms in total. The maximum Gasteiger partial charge on any atom is 0.314 e. The second-order valence-corrected chi connectivity index (χ2v) is 3.37. The van der Waals surface area contributed by atoms with Gasteiger partial charge in [0, 0.05) is 19.1 Å². The van der Waals surface area contributed by atoms with Crippen molar-refractivity contribution < 1.29 is 4.79 Å². The zero-order chi connectivity index (χ0) is 9.52. The number of urea groups is 1. The van der Waals surface area contributed by atoms with Gasteiger partial charge in [0.25, 0.3) is 0 Å². The van der Waals surface area contributed by atoms with Gasteiger partial charge in [0.15, 0.2) is 0 Å². The third kappa shape index (κ3) is 4.12. The molecule has 1 saturated heterocycles. The standard InChI is InChI=1S/C9H19N3O/c1-2-10-9(13)12-7-5-8-4-3-6-11-8/h8,11H,2-7H2,1H3,(H2,10,12,13)/t8-/m0/s1. The van der Waals surface area contributed by atoms with E-state index in [1.54, 1.807) is 0 Å². The second kappa shape index (κ2) is 5.80. The van der Waals surface area contributed by atoms with Crippen LogP contribution in [0.4, 0.5) is 4.79 Å². The lowest BCUT2D eigenvalue weighted by molar-refractivity contribution is 0.241. The minimum Gasteiger partial charge on any atom is -0.338 e. The average molecular weight is 185 g/mol. The summed E-state index contributed by atoms with van der Waals surface area (Å²) in [5.74, 6) is 0. The molecule has 2 amide bonds. The van der Waals surface area contributed by atoms with Crippen LogP contribution in [0.2, 0.25) is 0 Å². The number of hydrogen-bond acceptors (Lipinski definition) is 2. The first-order valence-corrected chi connectivity index (χ1v) is 5.08. The third-order valence-corrected chi connectivity index (χ3v) is 2.28. The highest BCUT2D eigenvalue weighted by Gasteiger charge is 2.13. The molecule has 0 aliphatic carbocycles. The predicted molar refractivity (Wildman–Crippen MR) is 52.7 cm³/mol. The molecule has 1 rings (SSSR count). The van der Waals surface area contributed by atoms with Gasteiger partial charge in [-0.25, -0.2) is 4.79 Å². The summed E-state index contributed by atoms with van der Waals surface area (Å²) < 4.78 is 0. The molecule has 1 aliphatic heterocycles. The Morgan fingerprint density at radius 1 is 1.54 bits per heavy atom. The van der Waals surface area contributed by atoms with Crippen LogP contribution in [-0.2, 0) is 0 Å². The van der Waals surface area contributed by atoms with Crippen LogP contribution in [0, 0.1) is 0 Å². The van der Waals surface area contributed by atoms with Crippen molar-refractivity contribution >= 4 is 6.03 Å². The van der Waals surface area contributed by atoms with E-state index in [1.165, 1.54) is 12.8 Å². The van der Waals surface area contributed by atoms with E-state index in [1.807, 2.05) is 6.92 Å². The number of rotatable bonds is 4. The monoisotopic (exact) mass is 185 g/mol. The molecule has 4 heteroatoms. The van der Waals surface area contributed by atoms with Crippen molar-refractivity contribution in [3.63, 3.8) is 0 Å². The lowest BCUT2D eigenvalue weighted by Crippen LogP contribution is -2.37. The summed E-state index contributed by atoms with van der Waals surface area (Å²) in [6.45, 7) is 4.50. The Bertz CT molecular complexity index is 155. The van der Waals surface area contributed by atoms with Crippen LogP contribution in [0.1, 0.15) is 26.2 Å². The number of amides is 2. The lowest BCUT2D eigenvalue weighted by Gasteiger charge is -2.10. The average Bonchev–Trinajstić information content (AvgIpc) is 2.57. The quantitative estimate of drug-likeness (QED) is 0.595. The van der Waals surface area contributed by atoms with Crippen LogP contribution in [0.15, 0.2) is 0 Å². The van der Waals surface area contributed by atoms with Crippen LogP contribution < -0.4 is 16.0 Å². The summed E-state index contributed by atoms with van der Waals surface area (Å²) in [7, 11) is 0. The van der Waals surface area contributed by atoms with Gasteiger partial charge in [0.2, 0.25) is 0 Å². The molecule has 13 heavy (non-hydrogen) atoms. The molecule has 0 aromatic heterocycles. The van der Waals surface area contributed by atoms with Crippen LogP contribution in [0.25, 0.3) is 0 Å². The number of carbonyl (C=O) groups is 1. The van der Waals surface area contributed by atoms with Crippen molar-refractivity contribution in [2.24, 2.45) is 0 Å². The fraction of sp³-hybridized carbons (Fsp3) is 0.889. The van der Waals surface area contributed by atoms with Gasteiger partial charge in [0.05, 0.1) is 0 Å². The van der Waals surface area contributed by atoms with Gasteiger partial charge in [-0.3, -0.25) is 0 Å². The summed E-state index contributed by atoms with van der Waals surface area (Å²) in [5, 5.41) is 8.91. The van der Waals surface area contributed by atoms with E-state index in [-0.39, 0.29) is 6.03 Å². The van der Waals surface area contributed by atoms with Crippen molar-refractivity contribution in [2.45, 2.75) is 32.2 Å². The lowest BCUT2D eigenvalue weighted by atomic mass is 10.1. The molecule has 0 aromatic rings. The van der Waals surface area contributed by atoms with E-state index >= 15 is 0 Å². The smallest absolute Gasteiger partial charge is 0.314 e. The van der Waals surface area contributed by atoms with Crippen molar-refractivity contribution in [3.05, 3.63) is 0 Å². The molecule has 3 N–H and O–H groups in total. The van der Waals surface area contributed by atoms with E-state index < -0.39 is 0 Å². The molecule has 0 spiro atoms. The van der Waals surface area contributed by atoms with Crippen molar-refractivity contribution in [1.29, 1.82) is 0 Å². The molecular formula is C9H19N3O. The fourth-order valence-corrected chi connectivity index (χ4v) is 1.59. The highest BCUT2D eigenvalue weighted by molar-refractivity contribution is 5.73. The normalized spacial score (nSPS) is 21.5. The second-order valence-electron chi connectivity index (χ2n) is 3.37. The van der Waals surface area contributed by atoms with E-state index in [0.29, 0.717) is 12.6 Å². The van der Waals surface area contributed by atoms with Gasteiger partial charge in [-0.15, -0.1) is 0 Å². The number of nitrogens with one attached hydrogen (secondary N) is 3. The van der Waals surface area contributed by atoms with Crippen molar-refractivity contribution in [1.82, 2.24) is 16.0 Å². The number of hydrogen-bond donors (Lipinski definition) is 3. The van der Waals surface area contributed by atoms with Crippen LogP contribution >= 0.6 is 0 Å². The molecular weight excluding hydrogens is 166 g/mol. The number of carbonyl (C=O) groups excluding carboxylic acids is 1. The molecule has 76 valence electrons. The maximum absolute atomic E-state index is 11.0. The largest absolute Gasteiger partial charge is 0.338 e. The van der Waals surface area contributed by atoms with E-state index in [4.69, 9.17) is 0 Å². The summed E-state index contributed by atoms with van der Waals surface area (Å²) in [5.41, 5.74) is 0. The molecule has 1 heterocycles. The van der Waals surface area contributed by atoms with Crippen molar-refractivity contribution in [2.75, 3.05) is 19.6 Å². The Hall–Kier alpha value is -0.770.